The van der Waals surface area contributed by atoms with Gasteiger partial charge in [0.2, 0.25) is 5.91 Å². The maximum Gasteiger partial charge on any atom is 0.253 e. The summed E-state index contributed by atoms with van der Waals surface area (Å²) in [5, 5.41) is 0. The van der Waals surface area contributed by atoms with Crippen molar-refractivity contribution in [2.75, 3.05) is 25.4 Å². The summed E-state index contributed by atoms with van der Waals surface area (Å²) in [5.74, 6) is -0.308. The molecule has 7 heteroatoms. The molecule has 0 spiro atoms. The molecule has 0 radical (unpaired) electrons. The van der Waals surface area contributed by atoms with Crippen LogP contribution in [0.2, 0.25) is 0 Å². The van der Waals surface area contributed by atoms with Gasteiger partial charge in [-0.25, -0.2) is 8.42 Å². The second-order valence-electron chi connectivity index (χ2n) is 8.36. The Labute approximate surface area is 191 Å². The molecule has 2 amide bonds. The number of sulfone groups is 1. The zero-order valence-corrected chi connectivity index (χ0v) is 19.7. The average molecular weight is 457 g/mol. The third-order valence-corrected chi connectivity index (χ3v) is 7.69. The number of likely N-dealkylation sites (tertiary alicyclic amines) is 1. The van der Waals surface area contributed by atoms with Gasteiger partial charge in [-0.2, -0.15) is 0 Å². The predicted octanol–water partition coefficient (Wildman–Crippen LogP) is 3.70. The fourth-order valence-corrected chi connectivity index (χ4v) is 5.35. The number of aryl methyl sites for hydroxylation is 1. The van der Waals surface area contributed by atoms with E-state index in [9.17, 15) is 18.0 Å². The minimum atomic E-state index is -3.50. The first-order valence-corrected chi connectivity index (χ1v) is 12.9. The molecular weight excluding hydrogens is 424 g/mol. The van der Waals surface area contributed by atoms with Crippen molar-refractivity contribution in [3.63, 3.8) is 0 Å². The molecule has 0 bridgehead atoms. The van der Waals surface area contributed by atoms with Crippen molar-refractivity contribution < 1.29 is 18.0 Å². The van der Waals surface area contributed by atoms with Gasteiger partial charge in [-0.3, -0.25) is 9.59 Å². The van der Waals surface area contributed by atoms with E-state index in [0.717, 1.165) is 12.0 Å². The molecule has 2 aromatic rings. The summed E-state index contributed by atoms with van der Waals surface area (Å²) >= 11 is 0. The lowest BCUT2D eigenvalue weighted by Gasteiger charge is -2.38. The van der Waals surface area contributed by atoms with Crippen LogP contribution in [0.15, 0.2) is 59.5 Å². The minimum Gasteiger partial charge on any atom is -0.340 e. The van der Waals surface area contributed by atoms with Crippen LogP contribution >= 0.6 is 0 Å². The Morgan fingerprint density at radius 1 is 1.00 bits per heavy atom. The molecule has 0 N–H and O–H groups in total. The first kappa shape index (κ1) is 24.0. The zero-order chi connectivity index (χ0) is 23.1. The van der Waals surface area contributed by atoms with Crippen LogP contribution in [0.3, 0.4) is 0 Å². The van der Waals surface area contributed by atoms with E-state index in [0.29, 0.717) is 38.0 Å². The summed E-state index contributed by atoms with van der Waals surface area (Å²) in [7, 11) is -3.50. The highest BCUT2D eigenvalue weighted by Gasteiger charge is 2.30. The standard InChI is InChI=1S/C25H32N2O4S/c1-3-16-27(24(28)15-19-32(30,31)23-11-9-20(2)10-12-23)22-13-17-26(18-14-22)25(29)21-7-5-4-6-8-21/h4-12,22H,3,13-19H2,1-2H3. The lowest BCUT2D eigenvalue weighted by Crippen LogP contribution is -2.49. The first-order valence-electron chi connectivity index (χ1n) is 11.2. The topological polar surface area (TPSA) is 74.8 Å². The molecule has 1 heterocycles. The molecule has 2 aromatic carbocycles. The van der Waals surface area contributed by atoms with Crippen molar-refractivity contribution in [1.29, 1.82) is 0 Å². The van der Waals surface area contributed by atoms with Crippen LogP contribution in [0.25, 0.3) is 0 Å². The van der Waals surface area contributed by atoms with Gasteiger partial charge in [-0.1, -0.05) is 42.8 Å². The molecule has 1 saturated heterocycles. The zero-order valence-electron chi connectivity index (χ0n) is 18.9. The van der Waals surface area contributed by atoms with Gasteiger partial charge in [0.15, 0.2) is 9.84 Å². The minimum absolute atomic E-state index is 0.0154. The second-order valence-corrected chi connectivity index (χ2v) is 10.5. The highest BCUT2D eigenvalue weighted by Crippen LogP contribution is 2.21. The quantitative estimate of drug-likeness (QED) is 0.607. The third kappa shape index (κ3) is 5.97. The summed E-state index contributed by atoms with van der Waals surface area (Å²) in [6.07, 6.45) is 2.18. The maximum absolute atomic E-state index is 13.0. The normalized spacial score (nSPS) is 14.9. The van der Waals surface area contributed by atoms with E-state index in [2.05, 4.69) is 0 Å². The van der Waals surface area contributed by atoms with E-state index in [1.807, 2.05) is 54.0 Å². The van der Waals surface area contributed by atoms with Crippen LogP contribution in [0.1, 0.15) is 48.5 Å². The third-order valence-electron chi connectivity index (χ3n) is 5.96. The van der Waals surface area contributed by atoms with E-state index in [1.54, 1.807) is 24.3 Å². The molecule has 0 aromatic heterocycles. The largest absolute Gasteiger partial charge is 0.340 e. The SMILES string of the molecule is CCCN(C(=O)CCS(=O)(=O)c1ccc(C)cc1)C1CCN(C(=O)c2ccccc2)CC1. The van der Waals surface area contributed by atoms with E-state index >= 15 is 0 Å². The summed E-state index contributed by atoms with van der Waals surface area (Å²) < 4.78 is 25.3. The molecule has 3 rings (SSSR count). The molecule has 1 fully saturated rings. The van der Waals surface area contributed by atoms with E-state index in [-0.39, 0.29) is 34.9 Å². The van der Waals surface area contributed by atoms with Crippen molar-refractivity contribution >= 4 is 21.7 Å². The number of benzene rings is 2. The maximum atomic E-state index is 13.0. The van der Waals surface area contributed by atoms with Gasteiger partial charge in [0.1, 0.15) is 0 Å². The van der Waals surface area contributed by atoms with Gasteiger partial charge < -0.3 is 9.80 Å². The number of carbonyl (C=O) groups excluding carboxylic acids is 2. The number of carbonyl (C=O) groups is 2. The summed E-state index contributed by atoms with van der Waals surface area (Å²) in [6.45, 7) is 5.69. The van der Waals surface area contributed by atoms with Gasteiger partial charge in [0.05, 0.1) is 10.6 Å². The van der Waals surface area contributed by atoms with E-state index in [1.165, 1.54) is 0 Å². The molecular formula is C25H32N2O4S. The lowest BCUT2D eigenvalue weighted by molar-refractivity contribution is -0.134. The summed E-state index contributed by atoms with van der Waals surface area (Å²) in [5.41, 5.74) is 1.67. The van der Waals surface area contributed by atoms with Gasteiger partial charge in [-0.15, -0.1) is 0 Å². The predicted molar refractivity (Wildman–Crippen MR) is 125 cm³/mol. The van der Waals surface area contributed by atoms with Crippen molar-refractivity contribution in [2.24, 2.45) is 0 Å². The summed E-state index contributed by atoms with van der Waals surface area (Å²) in [6, 6.07) is 16.0. The molecule has 0 atom stereocenters. The van der Waals surface area contributed by atoms with Crippen LogP contribution in [-0.2, 0) is 14.6 Å². The van der Waals surface area contributed by atoms with Crippen molar-refractivity contribution in [3.05, 3.63) is 65.7 Å². The highest BCUT2D eigenvalue weighted by atomic mass is 32.2. The van der Waals surface area contributed by atoms with Crippen molar-refractivity contribution in [1.82, 2.24) is 9.80 Å². The highest BCUT2D eigenvalue weighted by molar-refractivity contribution is 7.91. The van der Waals surface area contributed by atoms with E-state index < -0.39 is 9.84 Å². The molecule has 1 aliphatic heterocycles. The van der Waals surface area contributed by atoms with Crippen molar-refractivity contribution in [2.45, 2.75) is 50.5 Å². The number of rotatable bonds is 8. The Hall–Kier alpha value is -2.67. The van der Waals surface area contributed by atoms with Crippen molar-refractivity contribution in [3.8, 4) is 0 Å². The molecule has 6 nitrogen and oxygen atoms in total. The molecule has 32 heavy (non-hydrogen) atoms. The van der Waals surface area contributed by atoms with Crippen LogP contribution in [0.4, 0.5) is 0 Å². The summed E-state index contributed by atoms with van der Waals surface area (Å²) in [4.78, 5) is 29.6. The molecule has 1 aliphatic rings. The fourth-order valence-electron chi connectivity index (χ4n) is 4.12. The molecule has 0 aliphatic carbocycles. The number of hydrogen-bond acceptors (Lipinski definition) is 4. The average Bonchev–Trinajstić information content (AvgIpc) is 2.81. The number of nitrogens with zero attached hydrogens (tertiary/aromatic N) is 2. The molecule has 0 unspecified atom stereocenters. The van der Waals surface area contributed by atoms with Crippen LogP contribution in [-0.4, -0.2) is 61.5 Å². The van der Waals surface area contributed by atoms with Crippen LogP contribution in [0.5, 0.6) is 0 Å². The lowest BCUT2D eigenvalue weighted by atomic mass is 10.0. The molecule has 0 saturated carbocycles. The monoisotopic (exact) mass is 456 g/mol. The van der Waals surface area contributed by atoms with Gasteiger partial charge in [0.25, 0.3) is 5.91 Å². The van der Waals surface area contributed by atoms with Gasteiger partial charge in [0, 0.05) is 37.7 Å². The Bertz CT molecular complexity index is 1010. The van der Waals surface area contributed by atoms with Gasteiger partial charge in [-0.05, 0) is 50.5 Å². The Morgan fingerprint density at radius 2 is 1.62 bits per heavy atom. The number of piperidine rings is 1. The first-order chi connectivity index (χ1) is 15.3. The number of hydrogen-bond donors (Lipinski definition) is 0. The smallest absolute Gasteiger partial charge is 0.253 e. The van der Waals surface area contributed by atoms with Gasteiger partial charge >= 0.3 is 0 Å². The van der Waals surface area contributed by atoms with Crippen LogP contribution < -0.4 is 0 Å². The second kappa shape index (κ2) is 10.8. The Morgan fingerprint density at radius 3 is 2.22 bits per heavy atom. The Balaban J connectivity index is 1.58. The number of amides is 2. The Kier molecular flexibility index (Phi) is 8.07. The molecule has 172 valence electrons. The van der Waals surface area contributed by atoms with Crippen LogP contribution in [0, 0.1) is 6.92 Å². The fraction of sp³-hybridized carbons (Fsp3) is 0.440. The van der Waals surface area contributed by atoms with E-state index in [4.69, 9.17) is 0 Å².